The van der Waals surface area contributed by atoms with Crippen molar-refractivity contribution < 1.29 is 9.15 Å². The van der Waals surface area contributed by atoms with Crippen LogP contribution in [-0.4, -0.2) is 11.9 Å². The fourth-order valence-corrected chi connectivity index (χ4v) is 1.64. The molecule has 0 aliphatic heterocycles. The first-order chi connectivity index (χ1) is 7.81. The highest BCUT2D eigenvalue weighted by atomic mass is 79.9. The number of hydrogen-bond donors (Lipinski definition) is 0. The van der Waals surface area contributed by atoms with Gasteiger partial charge < -0.3 is 9.15 Å². The van der Waals surface area contributed by atoms with E-state index in [1.807, 2.05) is 18.2 Å². The van der Waals surface area contributed by atoms with Gasteiger partial charge in [0.05, 0.1) is 12.0 Å². The summed E-state index contributed by atoms with van der Waals surface area (Å²) < 4.78 is 10.4. The number of benzene rings is 1. The largest absolute Gasteiger partial charge is 0.465 e. The van der Waals surface area contributed by atoms with Crippen LogP contribution in [0.3, 0.4) is 0 Å². The Labute approximate surface area is 101 Å². The highest BCUT2D eigenvalue weighted by Gasteiger charge is 2.04. The van der Waals surface area contributed by atoms with Crippen LogP contribution >= 0.6 is 15.9 Å². The zero-order valence-electron chi connectivity index (χ0n) is 8.61. The van der Waals surface area contributed by atoms with Crippen LogP contribution in [0.5, 0.6) is 5.95 Å². The molecule has 0 aliphatic carbocycles. The fourth-order valence-electron chi connectivity index (χ4n) is 1.41. The van der Waals surface area contributed by atoms with E-state index < -0.39 is 0 Å². The lowest BCUT2D eigenvalue weighted by atomic mass is 10.2. The van der Waals surface area contributed by atoms with E-state index in [9.17, 15) is 4.79 Å². The van der Waals surface area contributed by atoms with Gasteiger partial charge in [0.15, 0.2) is 0 Å². The molecule has 3 nitrogen and oxygen atoms in total. The minimum atomic E-state index is -0.355. The third kappa shape index (κ3) is 2.44. The monoisotopic (exact) mass is 282 g/mol. The lowest BCUT2D eigenvalue weighted by Gasteiger charge is -2.03. The molecule has 0 radical (unpaired) electrons. The first-order valence-electron chi connectivity index (χ1n) is 5.03. The summed E-state index contributed by atoms with van der Waals surface area (Å²) >= 11 is 3.30. The van der Waals surface area contributed by atoms with Gasteiger partial charge in [0.25, 0.3) is 5.95 Å². The SMILES string of the molecule is O=c1oc(OCCCBr)cc2ccccc12. The van der Waals surface area contributed by atoms with Crippen LogP contribution in [-0.2, 0) is 0 Å². The molecule has 1 aromatic heterocycles. The molecule has 0 fully saturated rings. The van der Waals surface area contributed by atoms with Crippen molar-refractivity contribution in [3.8, 4) is 5.95 Å². The zero-order chi connectivity index (χ0) is 11.4. The van der Waals surface area contributed by atoms with Crippen molar-refractivity contribution in [2.24, 2.45) is 0 Å². The summed E-state index contributed by atoms with van der Waals surface area (Å²) in [6.07, 6.45) is 0.872. The third-order valence-electron chi connectivity index (χ3n) is 2.17. The first kappa shape index (κ1) is 11.2. The summed E-state index contributed by atoms with van der Waals surface area (Å²) in [6.45, 7) is 0.534. The van der Waals surface area contributed by atoms with Crippen LogP contribution in [0.1, 0.15) is 6.42 Å². The van der Waals surface area contributed by atoms with Crippen molar-refractivity contribution >= 4 is 26.7 Å². The molecule has 2 rings (SSSR count). The quantitative estimate of drug-likeness (QED) is 0.639. The van der Waals surface area contributed by atoms with Gasteiger partial charge in [-0.05, 0) is 17.9 Å². The molecule has 0 unspecified atom stereocenters. The molecular formula is C12H11BrO3. The minimum absolute atomic E-state index is 0.282. The van der Waals surface area contributed by atoms with E-state index in [1.165, 1.54) is 0 Å². The van der Waals surface area contributed by atoms with E-state index in [4.69, 9.17) is 9.15 Å². The molecule has 0 N–H and O–H groups in total. The van der Waals surface area contributed by atoms with Crippen LogP contribution in [0, 0.1) is 0 Å². The van der Waals surface area contributed by atoms with Gasteiger partial charge in [-0.2, -0.15) is 0 Å². The number of ether oxygens (including phenoxy) is 1. The summed E-state index contributed by atoms with van der Waals surface area (Å²) in [5.74, 6) is 0.282. The Morgan fingerprint density at radius 2 is 2.12 bits per heavy atom. The molecule has 16 heavy (non-hydrogen) atoms. The Kier molecular flexibility index (Phi) is 3.62. The Morgan fingerprint density at radius 3 is 2.94 bits per heavy atom. The van der Waals surface area contributed by atoms with Gasteiger partial charge in [-0.3, -0.25) is 0 Å². The number of hydrogen-bond acceptors (Lipinski definition) is 3. The molecule has 1 aromatic carbocycles. The average molecular weight is 283 g/mol. The van der Waals surface area contributed by atoms with Gasteiger partial charge in [-0.25, -0.2) is 4.79 Å². The number of fused-ring (bicyclic) bond motifs is 1. The highest BCUT2D eigenvalue weighted by Crippen LogP contribution is 2.16. The summed E-state index contributed by atoms with van der Waals surface area (Å²) in [4.78, 5) is 11.6. The second kappa shape index (κ2) is 5.16. The van der Waals surface area contributed by atoms with Crippen LogP contribution in [0.2, 0.25) is 0 Å². The van der Waals surface area contributed by atoms with E-state index in [0.29, 0.717) is 12.0 Å². The Bertz CT molecular complexity index is 533. The van der Waals surface area contributed by atoms with Crippen molar-refractivity contribution in [2.45, 2.75) is 6.42 Å². The predicted octanol–water partition coefficient (Wildman–Crippen LogP) is 2.96. The third-order valence-corrected chi connectivity index (χ3v) is 2.73. The molecule has 0 saturated heterocycles. The minimum Gasteiger partial charge on any atom is -0.465 e. The summed E-state index contributed by atoms with van der Waals surface area (Å²) in [7, 11) is 0. The zero-order valence-corrected chi connectivity index (χ0v) is 10.2. The Hall–Kier alpha value is -1.29. The standard InChI is InChI=1S/C12H11BrO3/c13-6-3-7-15-11-8-9-4-1-2-5-10(9)12(14)16-11/h1-2,4-5,8H,3,6-7H2. The van der Waals surface area contributed by atoms with Gasteiger partial charge in [0, 0.05) is 11.4 Å². The first-order valence-corrected chi connectivity index (χ1v) is 6.15. The van der Waals surface area contributed by atoms with E-state index in [1.54, 1.807) is 12.1 Å². The lowest BCUT2D eigenvalue weighted by Crippen LogP contribution is -2.03. The van der Waals surface area contributed by atoms with E-state index in [0.717, 1.165) is 17.1 Å². The highest BCUT2D eigenvalue weighted by molar-refractivity contribution is 9.09. The topological polar surface area (TPSA) is 39.4 Å². The van der Waals surface area contributed by atoms with Gasteiger partial charge in [-0.15, -0.1) is 0 Å². The number of rotatable bonds is 4. The molecule has 0 bridgehead atoms. The fraction of sp³-hybridized carbons (Fsp3) is 0.250. The van der Waals surface area contributed by atoms with Crippen molar-refractivity contribution in [3.63, 3.8) is 0 Å². The molecule has 0 amide bonds. The molecule has 0 spiro atoms. The maximum absolute atomic E-state index is 11.6. The maximum atomic E-state index is 11.6. The smallest absolute Gasteiger partial charge is 0.346 e. The molecule has 0 saturated carbocycles. The molecule has 1 heterocycles. The average Bonchev–Trinajstić information content (AvgIpc) is 2.30. The van der Waals surface area contributed by atoms with Crippen LogP contribution in [0.4, 0.5) is 0 Å². The number of alkyl halides is 1. The van der Waals surface area contributed by atoms with Crippen LogP contribution in [0.25, 0.3) is 10.8 Å². The molecule has 4 heteroatoms. The normalized spacial score (nSPS) is 10.6. The lowest BCUT2D eigenvalue weighted by molar-refractivity contribution is 0.233. The van der Waals surface area contributed by atoms with Crippen molar-refractivity contribution in [3.05, 3.63) is 40.8 Å². The molecule has 2 aromatic rings. The van der Waals surface area contributed by atoms with E-state index >= 15 is 0 Å². The van der Waals surface area contributed by atoms with E-state index in [2.05, 4.69) is 15.9 Å². The Balaban J connectivity index is 2.31. The van der Waals surface area contributed by atoms with Gasteiger partial charge in [0.2, 0.25) is 0 Å². The van der Waals surface area contributed by atoms with Crippen molar-refractivity contribution in [1.29, 1.82) is 0 Å². The van der Waals surface area contributed by atoms with Gasteiger partial charge >= 0.3 is 5.63 Å². The summed E-state index contributed by atoms with van der Waals surface area (Å²) in [6, 6.07) is 9.03. The van der Waals surface area contributed by atoms with Crippen molar-refractivity contribution in [1.82, 2.24) is 0 Å². The van der Waals surface area contributed by atoms with Crippen LogP contribution < -0.4 is 10.4 Å². The maximum Gasteiger partial charge on any atom is 0.346 e. The molecule has 84 valence electrons. The predicted molar refractivity (Wildman–Crippen MR) is 66.4 cm³/mol. The van der Waals surface area contributed by atoms with Gasteiger partial charge in [0.1, 0.15) is 0 Å². The summed E-state index contributed by atoms with van der Waals surface area (Å²) in [5.41, 5.74) is -0.355. The molecular weight excluding hydrogens is 272 g/mol. The second-order valence-corrected chi connectivity index (χ2v) is 4.12. The van der Waals surface area contributed by atoms with Crippen LogP contribution in [0.15, 0.2) is 39.5 Å². The van der Waals surface area contributed by atoms with Crippen molar-refractivity contribution in [2.75, 3.05) is 11.9 Å². The molecule has 0 aliphatic rings. The second-order valence-electron chi connectivity index (χ2n) is 3.33. The summed E-state index contributed by atoms with van der Waals surface area (Å²) in [5, 5.41) is 2.29. The van der Waals surface area contributed by atoms with Gasteiger partial charge in [-0.1, -0.05) is 34.1 Å². The van der Waals surface area contributed by atoms with E-state index in [-0.39, 0.29) is 11.6 Å². The Morgan fingerprint density at radius 1 is 1.31 bits per heavy atom. The molecule has 0 atom stereocenters. The number of halogens is 1.